The molecular weight excluding hydrogens is 240 g/mol. The molecule has 1 saturated heterocycles. The standard InChI is InChI=1S/C11H14N2O5/c12-11(17)6-3-13-2-1-5(6)10-9(16)8(15)7(4-14)18-10/h1-3,7-10,14-16H,4H2,(H2,12,17)/t7-,8-,9-,10?/m1/s1. The number of nitrogens with two attached hydrogens (primary N) is 1. The lowest BCUT2D eigenvalue weighted by atomic mass is 9.98. The zero-order valence-electron chi connectivity index (χ0n) is 9.43. The highest BCUT2D eigenvalue weighted by molar-refractivity contribution is 5.94. The summed E-state index contributed by atoms with van der Waals surface area (Å²) in [5.74, 6) is -0.698. The van der Waals surface area contributed by atoms with E-state index < -0.39 is 36.9 Å². The molecule has 4 atom stereocenters. The van der Waals surface area contributed by atoms with Gasteiger partial charge in [-0.15, -0.1) is 0 Å². The van der Waals surface area contributed by atoms with E-state index in [1.165, 1.54) is 18.5 Å². The number of aromatic nitrogens is 1. The Morgan fingerprint density at radius 3 is 2.72 bits per heavy atom. The fraction of sp³-hybridized carbons (Fsp3) is 0.455. The lowest BCUT2D eigenvalue weighted by Crippen LogP contribution is -2.32. The minimum absolute atomic E-state index is 0.118. The van der Waals surface area contributed by atoms with Crippen molar-refractivity contribution in [1.82, 2.24) is 4.98 Å². The van der Waals surface area contributed by atoms with Crippen LogP contribution in [0, 0.1) is 0 Å². The number of nitrogens with zero attached hydrogens (tertiary/aromatic N) is 1. The van der Waals surface area contributed by atoms with Crippen molar-refractivity contribution in [2.75, 3.05) is 6.61 Å². The topological polar surface area (TPSA) is 126 Å². The monoisotopic (exact) mass is 254 g/mol. The highest BCUT2D eigenvalue weighted by Crippen LogP contribution is 2.34. The Morgan fingerprint density at radius 1 is 1.44 bits per heavy atom. The minimum atomic E-state index is -1.23. The second kappa shape index (κ2) is 4.99. The Morgan fingerprint density at radius 2 is 2.17 bits per heavy atom. The molecule has 1 aromatic heterocycles. The third kappa shape index (κ3) is 2.08. The zero-order chi connectivity index (χ0) is 13.3. The van der Waals surface area contributed by atoms with Gasteiger partial charge in [-0.3, -0.25) is 9.78 Å². The van der Waals surface area contributed by atoms with Gasteiger partial charge < -0.3 is 25.8 Å². The van der Waals surface area contributed by atoms with Crippen LogP contribution < -0.4 is 5.73 Å². The fourth-order valence-electron chi connectivity index (χ4n) is 2.02. The molecule has 1 aliphatic heterocycles. The molecule has 7 heteroatoms. The van der Waals surface area contributed by atoms with Gasteiger partial charge in [0.05, 0.1) is 12.2 Å². The lowest BCUT2D eigenvalue weighted by Gasteiger charge is -2.16. The van der Waals surface area contributed by atoms with Crippen molar-refractivity contribution in [2.45, 2.75) is 24.4 Å². The number of amides is 1. The molecule has 1 aromatic rings. The van der Waals surface area contributed by atoms with E-state index in [9.17, 15) is 15.0 Å². The number of ether oxygens (including phenoxy) is 1. The Bertz CT molecular complexity index is 453. The van der Waals surface area contributed by atoms with E-state index in [1.54, 1.807) is 0 Å². The van der Waals surface area contributed by atoms with Crippen LogP contribution in [-0.2, 0) is 4.74 Å². The minimum Gasteiger partial charge on any atom is -0.394 e. The van der Waals surface area contributed by atoms with Gasteiger partial charge in [-0.05, 0) is 11.6 Å². The SMILES string of the molecule is NC(=O)c1cnccc1C1O[C@H](CO)[C@@H](O)[C@H]1O. The largest absolute Gasteiger partial charge is 0.394 e. The molecule has 1 unspecified atom stereocenters. The Labute approximate surface area is 103 Å². The summed E-state index contributed by atoms with van der Waals surface area (Å²) in [5.41, 5.74) is 5.67. The van der Waals surface area contributed by atoms with Crippen molar-refractivity contribution in [2.24, 2.45) is 5.73 Å². The molecule has 1 fully saturated rings. The number of hydrogen-bond donors (Lipinski definition) is 4. The van der Waals surface area contributed by atoms with Crippen LogP contribution in [0.25, 0.3) is 0 Å². The molecule has 2 rings (SSSR count). The van der Waals surface area contributed by atoms with E-state index in [0.717, 1.165) is 0 Å². The van der Waals surface area contributed by atoms with Crippen molar-refractivity contribution >= 4 is 5.91 Å². The van der Waals surface area contributed by atoms with Gasteiger partial charge in [-0.25, -0.2) is 0 Å². The molecular formula is C11H14N2O5. The predicted molar refractivity (Wildman–Crippen MR) is 59.5 cm³/mol. The van der Waals surface area contributed by atoms with Crippen LogP contribution >= 0.6 is 0 Å². The summed E-state index contributed by atoms with van der Waals surface area (Å²) in [6.45, 7) is -0.425. The second-order valence-corrected chi connectivity index (χ2v) is 4.09. The number of aliphatic hydroxyl groups is 3. The Hall–Kier alpha value is -1.54. The number of hydrogen-bond acceptors (Lipinski definition) is 6. The summed E-state index contributed by atoms with van der Waals surface area (Å²) in [6.07, 6.45) is -1.55. The van der Waals surface area contributed by atoms with Crippen LogP contribution in [0.5, 0.6) is 0 Å². The zero-order valence-corrected chi connectivity index (χ0v) is 9.43. The van der Waals surface area contributed by atoms with Crippen molar-refractivity contribution in [3.63, 3.8) is 0 Å². The number of aliphatic hydroxyl groups excluding tert-OH is 3. The van der Waals surface area contributed by atoms with E-state index in [1.807, 2.05) is 0 Å². The highest BCUT2D eigenvalue weighted by Gasteiger charge is 2.44. The van der Waals surface area contributed by atoms with Crippen LogP contribution in [0.3, 0.4) is 0 Å². The van der Waals surface area contributed by atoms with Crippen LogP contribution in [0.15, 0.2) is 18.5 Å². The molecule has 0 spiro atoms. The third-order valence-corrected chi connectivity index (χ3v) is 2.97. The van der Waals surface area contributed by atoms with Gasteiger partial charge in [-0.2, -0.15) is 0 Å². The van der Waals surface area contributed by atoms with Gasteiger partial charge in [0.25, 0.3) is 5.91 Å². The lowest BCUT2D eigenvalue weighted by molar-refractivity contribution is -0.0229. The molecule has 0 bridgehead atoms. The van der Waals surface area contributed by atoms with E-state index in [2.05, 4.69) is 4.98 Å². The number of pyridine rings is 1. The molecule has 98 valence electrons. The van der Waals surface area contributed by atoms with Gasteiger partial charge >= 0.3 is 0 Å². The molecule has 7 nitrogen and oxygen atoms in total. The summed E-state index contributed by atoms with van der Waals surface area (Å²) >= 11 is 0. The quantitative estimate of drug-likeness (QED) is 0.511. The first kappa shape index (κ1) is 12.9. The van der Waals surface area contributed by atoms with Gasteiger partial charge in [0.1, 0.15) is 24.4 Å². The summed E-state index contributed by atoms with van der Waals surface area (Å²) in [5, 5.41) is 28.5. The smallest absolute Gasteiger partial charge is 0.250 e. The van der Waals surface area contributed by atoms with E-state index in [-0.39, 0.29) is 5.56 Å². The molecule has 2 heterocycles. The highest BCUT2D eigenvalue weighted by atomic mass is 16.6. The first-order valence-corrected chi connectivity index (χ1v) is 5.42. The number of carbonyl (C=O) groups excluding carboxylic acids is 1. The second-order valence-electron chi connectivity index (χ2n) is 4.09. The molecule has 18 heavy (non-hydrogen) atoms. The number of primary amides is 1. The summed E-state index contributed by atoms with van der Waals surface area (Å²) < 4.78 is 5.33. The molecule has 5 N–H and O–H groups in total. The normalized spacial score (nSPS) is 31.5. The summed E-state index contributed by atoms with van der Waals surface area (Å²) in [6, 6.07) is 1.49. The predicted octanol–water partition coefficient (Wildman–Crippen LogP) is -1.67. The van der Waals surface area contributed by atoms with Gasteiger partial charge in [0, 0.05) is 12.4 Å². The van der Waals surface area contributed by atoms with Gasteiger partial charge in [-0.1, -0.05) is 0 Å². The van der Waals surface area contributed by atoms with E-state index in [4.69, 9.17) is 15.6 Å². The van der Waals surface area contributed by atoms with Crippen molar-refractivity contribution in [3.05, 3.63) is 29.6 Å². The Balaban J connectivity index is 2.35. The number of rotatable bonds is 3. The van der Waals surface area contributed by atoms with E-state index >= 15 is 0 Å². The summed E-state index contributed by atoms with van der Waals surface area (Å²) in [4.78, 5) is 15.0. The molecule has 1 amide bonds. The fourth-order valence-corrected chi connectivity index (χ4v) is 2.02. The first-order valence-electron chi connectivity index (χ1n) is 5.42. The molecule has 0 aliphatic carbocycles. The number of carbonyl (C=O) groups is 1. The van der Waals surface area contributed by atoms with Crippen molar-refractivity contribution in [3.8, 4) is 0 Å². The van der Waals surface area contributed by atoms with E-state index in [0.29, 0.717) is 5.56 Å². The average Bonchev–Trinajstić information content (AvgIpc) is 2.66. The van der Waals surface area contributed by atoms with Crippen LogP contribution in [0.4, 0.5) is 0 Å². The van der Waals surface area contributed by atoms with Crippen molar-refractivity contribution in [1.29, 1.82) is 0 Å². The molecule has 0 saturated carbocycles. The average molecular weight is 254 g/mol. The van der Waals surface area contributed by atoms with Crippen molar-refractivity contribution < 1.29 is 24.9 Å². The maximum Gasteiger partial charge on any atom is 0.250 e. The first-order chi connectivity index (χ1) is 8.56. The van der Waals surface area contributed by atoms with Crippen LogP contribution in [0.1, 0.15) is 22.0 Å². The summed E-state index contributed by atoms with van der Waals surface area (Å²) in [7, 11) is 0. The molecule has 1 aliphatic rings. The molecule has 0 radical (unpaired) electrons. The maximum atomic E-state index is 11.3. The Kier molecular flexibility index (Phi) is 3.58. The van der Waals surface area contributed by atoms with Crippen LogP contribution in [0.2, 0.25) is 0 Å². The van der Waals surface area contributed by atoms with Crippen LogP contribution in [-0.4, -0.2) is 51.1 Å². The third-order valence-electron chi connectivity index (χ3n) is 2.97. The van der Waals surface area contributed by atoms with Gasteiger partial charge in [0.15, 0.2) is 0 Å². The van der Waals surface area contributed by atoms with Gasteiger partial charge in [0.2, 0.25) is 0 Å². The molecule has 0 aromatic carbocycles. The maximum absolute atomic E-state index is 11.3.